The predicted molar refractivity (Wildman–Crippen MR) is 97.4 cm³/mol. The highest BCUT2D eigenvalue weighted by molar-refractivity contribution is 9.10. The Labute approximate surface area is 151 Å². The van der Waals surface area contributed by atoms with Gasteiger partial charge in [-0.25, -0.2) is 0 Å². The van der Waals surface area contributed by atoms with Crippen LogP contribution in [0, 0.1) is 13.8 Å². The molecule has 1 unspecified atom stereocenters. The van der Waals surface area contributed by atoms with Gasteiger partial charge in [-0.05, 0) is 48.7 Å². The third kappa shape index (κ3) is 3.42. The Hall–Kier alpha value is -0.220. The zero-order valence-corrected chi connectivity index (χ0v) is 16.5. The van der Waals surface area contributed by atoms with E-state index in [0.717, 1.165) is 32.5 Å². The Kier molecular flexibility index (Phi) is 5.64. The molecule has 0 spiro atoms. The Morgan fingerprint density at radius 1 is 1.14 bits per heavy atom. The van der Waals surface area contributed by atoms with Crippen LogP contribution in [0.3, 0.4) is 0 Å². The first-order valence-corrected chi connectivity index (χ1v) is 8.75. The van der Waals surface area contributed by atoms with Crippen molar-refractivity contribution in [1.29, 1.82) is 0 Å². The Morgan fingerprint density at radius 3 is 2.38 bits per heavy atom. The van der Waals surface area contributed by atoms with Gasteiger partial charge >= 0.3 is 0 Å². The molecule has 0 aromatic heterocycles. The first-order chi connectivity index (χ1) is 9.86. The zero-order chi connectivity index (χ0) is 15.7. The van der Waals surface area contributed by atoms with E-state index >= 15 is 0 Å². The zero-order valence-electron chi connectivity index (χ0n) is 11.8. The summed E-state index contributed by atoms with van der Waals surface area (Å²) in [4.78, 5) is -0.0755. The molecule has 1 nitrogen and oxygen atoms in total. The van der Waals surface area contributed by atoms with Crippen LogP contribution in [-0.2, 0) is 0 Å². The van der Waals surface area contributed by atoms with E-state index in [4.69, 9.17) is 27.9 Å². The van der Waals surface area contributed by atoms with Crippen molar-refractivity contribution in [3.8, 4) is 5.75 Å². The molecule has 0 amide bonds. The summed E-state index contributed by atoms with van der Waals surface area (Å²) in [6.45, 7) is 4.08. The van der Waals surface area contributed by atoms with Crippen LogP contribution in [0.1, 0.15) is 27.1 Å². The second kappa shape index (κ2) is 6.91. The van der Waals surface area contributed by atoms with E-state index in [1.54, 1.807) is 13.2 Å². The van der Waals surface area contributed by atoms with Crippen molar-refractivity contribution in [2.75, 3.05) is 7.11 Å². The first kappa shape index (κ1) is 17.1. The summed E-state index contributed by atoms with van der Waals surface area (Å²) >= 11 is 19.7. The summed E-state index contributed by atoms with van der Waals surface area (Å²) in [6, 6.07) is 7.57. The second-order valence-corrected chi connectivity index (χ2v) is 7.39. The van der Waals surface area contributed by atoms with Gasteiger partial charge in [0.1, 0.15) is 5.75 Å². The van der Waals surface area contributed by atoms with Gasteiger partial charge in [-0.1, -0.05) is 61.1 Å². The maximum Gasteiger partial charge on any atom is 0.126 e. The number of hydrogen-bond acceptors (Lipinski definition) is 1. The number of ether oxygens (including phenoxy) is 1. The van der Waals surface area contributed by atoms with Crippen LogP contribution in [0.25, 0.3) is 0 Å². The summed E-state index contributed by atoms with van der Waals surface area (Å²) in [7, 11) is 1.68. The maximum absolute atomic E-state index is 6.33. The summed E-state index contributed by atoms with van der Waals surface area (Å²) in [5.74, 6) is 0.864. The van der Waals surface area contributed by atoms with E-state index in [-0.39, 0.29) is 4.83 Å². The Balaban J connectivity index is 2.65. The number of halogens is 4. The van der Waals surface area contributed by atoms with Crippen molar-refractivity contribution in [1.82, 2.24) is 0 Å². The molecule has 0 bridgehead atoms. The van der Waals surface area contributed by atoms with E-state index in [0.29, 0.717) is 10.0 Å². The third-order valence-electron chi connectivity index (χ3n) is 3.40. The molecule has 0 radical (unpaired) electrons. The average molecular weight is 453 g/mol. The molecule has 0 saturated carbocycles. The fourth-order valence-electron chi connectivity index (χ4n) is 2.31. The smallest absolute Gasteiger partial charge is 0.126 e. The van der Waals surface area contributed by atoms with E-state index in [1.807, 2.05) is 19.1 Å². The van der Waals surface area contributed by atoms with Crippen LogP contribution >= 0.6 is 55.1 Å². The van der Waals surface area contributed by atoms with E-state index in [2.05, 4.69) is 44.8 Å². The van der Waals surface area contributed by atoms with Crippen molar-refractivity contribution in [2.45, 2.75) is 18.7 Å². The molecule has 0 N–H and O–H groups in total. The molecular formula is C16H14Br2Cl2O. The number of rotatable bonds is 3. The average Bonchev–Trinajstić information content (AvgIpc) is 2.41. The third-order valence-corrected chi connectivity index (χ3v) is 5.74. The van der Waals surface area contributed by atoms with E-state index < -0.39 is 0 Å². The van der Waals surface area contributed by atoms with Crippen LogP contribution in [0.15, 0.2) is 28.7 Å². The first-order valence-electron chi connectivity index (χ1n) is 6.29. The van der Waals surface area contributed by atoms with Crippen LogP contribution in [0.5, 0.6) is 5.75 Å². The lowest BCUT2D eigenvalue weighted by atomic mass is 9.97. The van der Waals surface area contributed by atoms with Crippen LogP contribution in [0.4, 0.5) is 0 Å². The highest BCUT2D eigenvalue weighted by Crippen LogP contribution is 2.45. The van der Waals surface area contributed by atoms with Crippen molar-refractivity contribution >= 4 is 55.1 Å². The summed E-state index contributed by atoms with van der Waals surface area (Å²) < 4.78 is 6.64. The SMILES string of the molecule is COc1c(C)cc(Br)c(C)c1C(Br)c1ccc(Cl)cc1Cl. The molecule has 0 heterocycles. The lowest BCUT2D eigenvalue weighted by Crippen LogP contribution is -2.03. The van der Waals surface area contributed by atoms with Gasteiger partial charge in [0, 0.05) is 20.1 Å². The van der Waals surface area contributed by atoms with Crippen molar-refractivity contribution in [3.05, 3.63) is 61.0 Å². The van der Waals surface area contributed by atoms with Gasteiger partial charge in [0.2, 0.25) is 0 Å². The fraction of sp³-hybridized carbons (Fsp3) is 0.250. The number of methoxy groups -OCH3 is 1. The minimum atomic E-state index is -0.0755. The maximum atomic E-state index is 6.33. The highest BCUT2D eigenvalue weighted by Gasteiger charge is 2.23. The predicted octanol–water partition coefficient (Wildman–Crippen LogP) is 6.87. The van der Waals surface area contributed by atoms with Gasteiger partial charge in [0.25, 0.3) is 0 Å². The Morgan fingerprint density at radius 2 is 1.81 bits per heavy atom. The molecular weight excluding hydrogens is 439 g/mol. The molecule has 0 aliphatic carbocycles. The molecule has 0 saturated heterocycles. The standard InChI is InChI=1S/C16H14Br2Cl2O/c1-8-6-12(17)9(2)14(16(8)21-3)15(18)11-5-4-10(19)7-13(11)20/h4-7,15H,1-3H3. The molecule has 1 atom stereocenters. The van der Waals surface area contributed by atoms with Gasteiger partial charge in [-0.3, -0.25) is 0 Å². The van der Waals surface area contributed by atoms with Crippen molar-refractivity contribution in [2.24, 2.45) is 0 Å². The van der Waals surface area contributed by atoms with E-state index in [1.165, 1.54) is 0 Å². The molecule has 0 fully saturated rings. The fourth-order valence-corrected chi connectivity index (χ4v) is 4.47. The molecule has 2 rings (SSSR count). The van der Waals surface area contributed by atoms with Crippen molar-refractivity contribution in [3.63, 3.8) is 0 Å². The summed E-state index contributed by atoms with van der Waals surface area (Å²) in [5.41, 5.74) is 4.21. The molecule has 2 aromatic rings. The molecule has 0 aliphatic heterocycles. The Bertz CT molecular complexity index is 686. The minimum Gasteiger partial charge on any atom is -0.496 e. The number of aryl methyl sites for hydroxylation is 1. The van der Waals surface area contributed by atoms with E-state index in [9.17, 15) is 0 Å². The molecule has 0 aliphatic rings. The molecule has 21 heavy (non-hydrogen) atoms. The van der Waals surface area contributed by atoms with Crippen LogP contribution in [-0.4, -0.2) is 7.11 Å². The lowest BCUT2D eigenvalue weighted by Gasteiger charge is -2.21. The number of alkyl halides is 1. The van der Waals surface area contributed by atoms with Gasteiger partial charge < -0.3 is 4.74 Å². The highest BCUT2D eigenvalue weighted by atomic mass is 79.9. The number of benzene rings is 2. The van der Waals surface area contributed by atoms with Crippen LogP contribution in [0.2, 0.25) is 10.0 Å². The topological polar surface area (TPSA) is 9.23 Å². The lowest BCUT2D eigenvalue weighted by molar-refractivity contribution is 0.406. The summed E-state index contributed by atoms with van der Waals surface area (Å²) in [6.07, 6.45) is 0. The van der Waals surface area contributed by atoms with Crippen molar-refractivity contribution < 1.29 is 4.74 Å². The largest absolute Gasteiger partial charge is 0.496 e. The van der Waals surface area contributed by atoms with Crippen LogP contribution < -0.4 is 4.74 Å². The molecule has 112 valence electrons. The second-order valence-electron chi connectivity index (χ2n) is 4.78. The van der Waals surface area contributed by atoms with Gasteiger partial charge in [0.15, 0.2) is 0 Å². The molecule has 5 heteroatoms. The molecule has 2 aromatic carbocycles. The normalized spacial score (nSPS) is 12.3. The quantitative estimate of drug-likeness (QED) is 0.462. The van der Waals surface area contributed by atoms with Gasteiger partial charge in [-0.15, -0.1) is 0 Å². The number of hydrogen-bond donors (Lipinski definition) is 0. The van der Waals surface area contributed by atoms with Gasteiger partial charge in [0.05, 0.1) is 11.9 Å². The minimum absolute atomic E-state index is 0.0755. The van der Waals surface area contributed by atoms with Gasteiger partial charge in [-0.2, -0.15) is 0 Å². The summed E-state index contributed by atoms with van der Waals surface area (Å²) in [5, 5.41) is 1.25. The monoisotopic (exact) mass is 450 g/mol.